The number of thiazole rings is 1. The molecular weight excluding hydrogens is 363 g/mol. The third-order valence-corrected chi connectivity index (χ3v) is 4.94. The van der Waals surface area contributed by atoms with Crippen molar-refractivity contribution in [1.29, 1.82) is 0 Å². The van der Waals surface area contributed by atoms with Gasteiger partial charge in [-0.05, 0) is 31.2 Å². The Bertz CT molecular complexity index is 1060. The first kappa shape index (κ1) is 16.8. The summed E-state index contributed by atoms with van der Waals surface area (Å²) in [6, 6.07) is 10.7. The molecular formula is C18H12Cl2N2OS. The van der Waals surface area contributed by atoms with E-state index in [1.54, 1.807) is 28.8 Å². The molecule has 3 rings (SSSR count). The summed E-state index contributed by atoms with van der Waals surface area (Å²) >= 11 is 13.7. The number of fused-ring (bicyclic) bond motifs is 1. The summed E-state index contributed by atoms with van der Waals surface area (Å²) in [7, 11) is 0. The summed E-state index contributed by atoms with van der Waals surface area (Å²) in [6.45, 7) is 2.19. The summed E-state index contributed by atoms with van der Waals surface area (Å²) in [5.74, 6) is 2.25. The highest BCUT2D eigenvalue weighted by Crippen LogP contribution is 2.29. The van der Waals surface area contributed by atoms with Gasteiger partial charge >= 0.3 is 0 Å². The van der Waals surface area contributed by atoms with Gasteiger partial charge in [0.25, 0.3) is 5.91 Å². The molecule has 1 heterocycles. The number of amides is 1. The Balaban J connectivity index is 2.22. The van der Waals surface area contributed by atoms with Crippen LogP contribution in [0.3, 0.4) is 0 Å². The van der Waals surface area contributed by atoms with Gasteiger partial charge in [-0.15, -0.1) is 6.42 Å². The largest absolute Gasteiger partial charge is 0.303 e. The van der Waals surface area contributed by atoms with Crippen LogP contribution in [0.2, 0.25) is 10.0 Å². The average Bonchev–Trinajstić information content (AvgIpc) is 2.85. The number of aromatic nitrogens is 1. The van der Waals surface area contributed by atoms with Crippen molar-refractivity contribution in [3.63, 3.8) is 0 Å². The van der Waals surface area contributed by atoms with Crippen LogP contribution in [0.4, 0.5) is 0 Å². The zero-order chi connectivity index (χ0) is 17.3. The van der Waals surface area contributed by atoms with Gasteiger partial charge in [0, 0.05) is 10.6 Å². The van der Waals surface area contributed by atoms with Gasteiger partial charge in [0.15, 0.2) is 4.80 Å². The highest BCUT2D eigenvalue weighted by Gasteiger charge is 2.12. The van der Waals surface area contributed by atoms with Gasteiger partial charge in [-0.3, -0.25) is 4.79 Å². The average molecular weight is 375 g/mol. The number of hydrogen-bond donors (Lipinski definition) is 0. The van der Waals surface area contributed by atoms with Crippen molar-refractivity contribution in [2.24, 2.45) is 4.99 Å². The fraction of sp³-hybridized carbons (Fsp3) is 0.111. The van der Waals surface area contributed by atoms with E-state index in [0.29, 0.717) is 20.4 Å². The van der Waals surface area contributed by atoms with Crippen molar-refractivity contribution >= 4 is 50.7 Å². The van der Waals surface area contributed by atoms with Crippen LogP contribution in [-0.2, 0) is 6.54 Å². The SMILES string of the molecule is C#CCn1c(=NC(=O)c2cccc(C)c2)sc2cc(Cl)cc(Cl)c21. The third kappa shape index (κ3) is 3.25. The van der Waals surface area contributed by atoms with E-state index in [1.165, 1.54) is 11.3 Å². The molecule has 1 amide bonds. The van der Waals surface area contributed by atoms with Crippen LogP contribution in [0, 0.1) is 19.3 Å². The van der Waals surface area contributed by atoms with Crippen LogP contribution in [0.5, 0.6) is 0 Å². The zero-order valence-corrected chi connectivity index (χ0v) is 15.0. The van der Waals surface area contributed by atoms with Crippen LogP contribution >= 0.6 is 34.5 Å². The molecule has 0 fully saturated rings. The van der Waals surface area contributed by atoms with E-state index in [1.807, 2.05) is 19.1 Å². The molecule has 0 atom stereocenters. The minimum Gasteiger partial charge on any atom is -0.303 e. The summed E-state index contributed by atoms with van der Waals surface area (Å²) in [5.41, 5.74) is 2.27. The maximum atomic E-state index is 12.5. The lowest BCUT2D eigenvalue weighted by molar-refractivity contribution is 0.0998. The van der Waals surface area contributed by atoms with Crippen molar-refractivity contribution in [3.05, 3.63) is 62.4 Å². The van der Waals surface area contributed by atoms with E-state index in [-0.39, 0.29) is 12.5 Å². The number of nitrogens with zero attached hydrogens (tertiary/aromatic N) is 2. The molecule has 6 heteroatoms. The van der Waals surface area contributed by atoms with Crippen LogP contribution in [0.15, 0.2) is 41.4 Å². The summed E-state index contributed by atoms with van der Waals surface area (Å²) in [6.07, 6.45) is 5.46. The second kappa shape index (κ2) is 6.82. The number of hydrogen-bond acceptors (Lipinski definition) is 2. The lowest BCUT2D eigenvalue weighted by Gasteiger charge is -2.02. The first-order valence-electron chi connectivity index (χ1n) is 7.07. The van der Waals surface area contributed by atoms with Crippen LogP contribution in [0.25, 0.3) is 10.2 Å². The van der Waals surface area contributed by atoms with Crippen molar-refractivity contribution in [2.75, 3.05) is 0 Å². The Morgan fingerprint density at radius 3 is 2.83 bits per heavy atom. The topological polar surface area (TPSA) is 34.4 Å². The number of halogens is 2. The van der Waals surface area contributed by atoms with E-state index < -0.39 is 0 Å². The second-order valence-corrected chi connectivity index (χ2v) is 7.05. The van der Waals surface area contributed by atoms with Gasteiger partial charge in [0.05, 0.1) is 21.8 Å². The van der Waals surface area contributed by atoms with Crippen LogP contribution in [0.1, 0.15) is 15.9 Å². The van der Waals surface area contributed by atoms with Gasteiger partial charge in [0.1, 0.15) is 0 Å². The van der Waals surface area contributed by atoms with Gasteiger partial charge < -0.3 is 4.57 Å². The Kier molecular flexibility index (Phi) is 4.77. The van der Waals surface area contributed by atoms with E-state index >= 15 is 0 Å². The lowest BCUT2D eigenvalue weighted by Crippen LogP contribution is -2.16. The normalized spacial score (nSPS) is 11.7. The Morgan fingerprint density at radius 2 is 2.12 bits per heavy atom. The lowest BCUT2D eigenvalue weighted by atomic mass is 10.1. The molecule has 0 saturated carbocycles. The monoisotopic (exact) mass is 374 g/mol. The summed E-state index contributed by atoms with van der Waals surface area (Å²) in [5, 5.41) is 1.01. The van der Waals surface area contributed by atoms with Crippen LogP contribution in [-0.4, -0.2) is 10.5 Å². The number of carbonyl (C=O) groups is 1. The number of aryl methyl sites for hydroxylation is 1. The predicted molar refractivity (Wildman–Crippen MR) is 99.7 cm³/mol. The Labute approximate surface area is 153 Å². The highest BCUT2D eigenvalue weighted by atomic mass is 35.5. The van der Waals surface area contributed by atoms with Gasteiger partial charge in [-0.1, -0.05) is 58.2 Å². The fourth-order valence-corrected chi connectivity index (χ4v) is 4.19. The molecule has 0 radical (unpaired) electrons. The molecule has 24 heavy (non-hydrogen) atoms. The quantitative estimate of drug-likeness (QED) is 0.599. The van der Waals surface area contributed by atoms with E-state index in [4.69, 9.17) is 29.6 Å². The zero-order valence-electron chi connectivity index (χ0n) is 12.7. The minimum absolute atomic E-state index is 0.265. The highest BCUT2D eigenvalue weighted by molar-refractivity contribution is 7.16. The molecule has 3 nitrogen and oxygen atoms in total. The molecule has 3 aromatic rings. The number of carbonyl (C=O) groups excluding carboxylic acids is 1. The van der Waals surface area contributed by atoms with Gasteiger partial charge in [0.2, 0.25) is 0 Å². The molecule has 0 aliphatic heterocycles. The molecule has 0 aliphatic rings. The van der Waals surface area contributed by atoms with Crippen LogP contribution < -0.4 is 4.80 Å². The Morgan fingerprint density at radius 1 is 1.33 bits per heavy atom. The van der Waals surface area contributed by atoms with Gasteiger partial charge in [-0.25, -0.2) is 0 Å². The molecule has 2 aromatic carbocycles. The fourth-order valence-electron chi connectivity index (χ4n) is 2.38. The molecule has 1 aromatic heterocycles. The van der Waals surface area contributed by atoms with Crippen molar-refractivity contribution < 1.29 is 4.79 Å². The van der Waals surface area contributed by atoms with Crippen molar-refractivity contribution in [2.45, 2.75) is 13.5 Å². The van der Waals surface area contributed by atoms with Crippen molar-refractivity contribution in [3.8, 4) is 12.3 Å². The molecule has 0 aliphatic carbocycles. The van der Waals surface area contributed by atoms with Gasteiger partial charge in [-0.2, -0.15) is 4.99 Å². The third-order valence-electron chi connectivity index (χ3n) is 3.41. The first-order valence-corrected chi connectivity index (χ1v) is 8.64. The maximum absolute atomic E-state index is 12.5. The molecule has 0 spiro atoms. The molecule has 0 bridgehead atoms. The first-order chi connectivity index (χ1) is 11.5. The van der Waals surface area contributed by atoms with Crippen molar-refractivity contribution in [1.82, 2.24) is 4.57 Å². The second-order valence-electron chi connectivity index (χ2n) is 5.20. The molecule has 0 N–H and O–H groups in total. The summed E-state index contributed by atoms with van der Waals surface area (Å²) < 4.78 is 2.59. The number of terminal acetylenes is 1. The number of rotatable bonds is 2. The minimum atomic E-state index is -0.321. The molecule has 0 unspecified atom stereocenters. The van der Waals surface area contributed by atoms with E-state index in [2.05, 4.69) is 10.9 Å². The maximum Gasteiger partial charge on any atom is 0.279 e. The predicted octanol–water partition coefficient (Wildman–Crippen LogP) is 4.69. The summed E-state index contributed by atoms with van der Waals surface area (Å²) in [4.78, 5) is 17.2. The molecule has 0 saturated heterocycles. The standard InChI is InChI=1S/C18H12Cl2N2OS/c1-3-7-22-16-14(20)9-13(19)10-15(16)24-18(22)21-17(23)12-6-4-5-11(2)8-12/h1,4-6,8-10H,7H2,2H3. The van der Waals surface area contributed by atoms with E-state index in [0.717, 1.165) is 15.8 Å². The van der Waals surface area contributed by atoms with E-state index in [9.17, 15) is 4.79 Å². The smallest absolute Gasteiger partial charge is 0.279 e. The molecule has 120 valence electrons. The number of benzene rings is 2. The Hall–Kier alpha value is -2.06.